The van der Waals surface area contributed by atoms with Crippen LogP contribution in [-0.2, 0) is 19.2 Å². The van der Waals surface area contributed by atoms with Crippen molar-refractivity contribution in [2.45, 2.75) is 166 Å². The van der Waals surface area contributed by atoms with Crippen LogP contribution in [0.4, 0.5) is 0 Å². The quantitative estimate of drug-likeness (QED) is 0.0682. The topological polar surface area (TPSA) is 190 Å². The highest BCUT2D eigenvalue weighted by molar-refractivity contribution is 6.25. The van der Waals surface area contributed by atoms with E-state index in [0.717, 1.165) is 35.1 Å². The van der Waals surface area contributed by atoms with Crippen LogP contribution in [0.2, 0.25) is 0 Å². The van der Waals surface area contributed by atoms with Crippen LogP contribution < -0.4 is 0 Å². The van der Waals surface area contributed by atoms with Crippen LogP contribution in [0.25, 0.3) is 0 Å². The van der Waals surface area contributed by atoms with Gasteiger partial charge < -0.3 is 30.6 Å². The maximum atomic E-state index is 13.5. The van der Waals surface area contributed by atoms with E-state index in [9.17, 15) is 49.8 Å². The van der Waals surface area contributed by atoms with Gasteiger partial charge in [0.05, 0.1) is 22.0 Å². The molecule has 8 unspecified atom stereocenters. The molecular weight excluding hydrogens is 797 g/mol. The van der Waals surface area contributed by atoms with Gasteiger partial charge in [0.2, 0.25) is 0 Å². The van der Waals surface area contributed by atoms with Gasteiger partial charge in [0, 0.05) is 23.5 Å². The Morgan fingerprint density at radius 3 is 1.32 bits per heavy atom. The molecule has 6 N–H and O–H groups in total. The standard InChI is InChI=1S/C27H40O5.C26H38O5/c1-15(2)9-11-26(7)24(30)19(14-20-18(17(5)6)10-12-27(20,8)32)23(29)22(25(26)31)21(28)13-16(3)4;1-14(2)9-11-25(7)23(29)18(22(28)20(24(25)30)21(27)16(5)6)13-19-17(15(3)4)10-12-26(19,8)31/h9,16,18,20,29-30,32H,5,10-14H2,1-4,6-8H3;9,16-17,19,28-29,31H,3,10-13H2,1-2,4-8H3. The first-order valence-electron chi connectivity index (χ1n) is 22.7. The molecule has 0 aliphatic heterocycles. The summed E-state index contributed by atoms with van der Waals surface area (Å²) >= 11 is 0. The van der Waals surface area contributed by atoms with E-state index in [1.807, 2.05) is 67.5 Å². The summed E-state index contributed by atoms with van der Waals surface area (Å²) in [5, 5.41) is 66.8. The molecule has 4 rings (SSSR count). The molecule has 0 aromatic rings. The molecule has 0 spiro atoms. The van der Waals surface area contributed by atoms with E-state index in [1.165, 1.54) is 0 Å². The molecule has 8 atom stereocenters. The molecule has 2 fully saturated rings. The smallest absolute Gasteiger partial charge is 0.183 e. The third-order valence-corrected chi connectivity index (χ3v) is 14.2. The molecule has 10 nitrogen and oxygen atoms in total. The van der Waals surface area contributed by atoms with Crippen molar-refractivity contribution in [1.82, 2.24) is 0 Å². The summed E-state index contributed by atoms with van der Waals surface area (Å²) < 4.78 is 0. The Balaban J connectivity index is 0.000000335. The van der Waals surface area contributed by atoms with Crippen molar-refractivity contribution in [3.63, 3.8) is 0 Å². The molecule has 0 aromatic heterocycles. The molecule has 4 aliphatic rings. The molecule has 63 heavy (non-hydrogen) atoms. The van der Waals surface area contributed by atoms with Gasteiger partial charge in [-0.25, -0.2) is 0 Å². The van der Waals surface area contributed by atoms with Crippen LogP contribution in [0.1, 0.15) is 155 Å². The van der Waals surface area contributed by atoms with Crippen LogP contribution in [-0.4, -0.2) is 65.0 Å². The summed E-state index contributed by atoms with van der Waals surface area (Å²) in [6.45, 7) is 33.5. The number of carbonyl (C=O) groups excluding carboxylic acids is 4. The molecule has 10 heteroatoms. The van der Waals surface area contributed by atoms with Crippen LogP contribution >= 0.6 is 0 Å². The van der Waals surface area contributed by atoms with E-state index in [2.05, 4.69) is 13.2 Å². The lowest BCUT2D eigenvalue weighted by atomic mass is 9.67. The lowest BCUT2D eigenvalue weighted by molar-refractivity contribution is -0.129. The van der Waals surface area contributed by atoms with Crippen molar-refractivity contribution in [2.24, 2.45) is 46.3 Å². The van der Waals surface area contributed by atoms with Crippen molar-refractivity contribution < 1.29 is 49.8 Å². The second kappa shape index (κ2) is 19.9. The van der Waals surface area contributed by atoms with Crippen molar-refractivity contribution >= 4 is 23.1 Å². The number of ketones is 4. The summed E-state index contributed by atoms with van der Waals surface area (Å²) in [5.41, 5.74) is -0.928. The van der Waals surface area contributed by atoms with Gasteiger partial charge >= 0.3 is 0 Å². The van der Waals surface area contributed by atoms with Crippen LogP contribution in [0.15, 0.2) is 92.9 Å². The average Bonchev–Trinajstić information content (AvgIpc) is 3.64. The fourth-order valence-corrected chi connectivity index (χ4v) is 9.88. The molecular formula is C53H78O10. The fourth-order valence-electron chi connectivity index (χ4n) is 9.88. The fraction of sp³-hybridized carbons (Fsp3) is 0.623. The minimum Gasteiger partial charge on any atom is -0.511 e. The van der Waals surface area contributed by atoms with Crippen molar-refractivity contribution in [3.05, 3.63) is 92.9 Å². The monoisotopic (exact) mass is 875 g/mol. The number of Topliss-reactive ketones (excluding diaryl/α,β-unsaturated/α-hetero) is 4. The second-order valence-electron chi connectivity index (χ2n) is 21.3. The molecule has 0 radical (unpaired) electrons. The first-order valence-corrected chi connectivity index (χ1v) is 22.7. The number of hydrogen-bond donors (Lipinski definition) is 6. The lowest BCUT2D eigenvalue weighted by Crippen LogP contribution is -2.41. The predicted octanol–water partition coefficient (Wildman–Crippen LogP) is 11.4. The summed E-state index contributed by atoms with van der Waals surface area (Å²) in [4.78, 5) is 52.8. The lowest BCUT2D eigenvalue weighted by Gasteiger charge is -2.37. The number of rotatable bonds is 15. The predicted molar refractivity (Wildman–Crippen MR) is 250 cm³/mol. The minimum atomic E-state index is -1.35. The van der Waals surface area contributed by atoms with Gasteiger partial charge in [-0.15, -0.1) is 0 Å². The Morgan fingerprint density at radius 1 is 0.651 bits per heavy atom. The normalized spacial score (nSPS) is 31.1. The van der Waals surface area contributed by atoms with Crippen molar-refractivity contribution in [3.8, 4) is 0 Å². The Bertz CT molecular complexity index is 2070. The van der Waals surface area contributed by atoms with Gasteiger partial charge in [-0.2, -0.15) is 0 Å². The molecule has 2 saturated carbocycles. The maximum Gasteiger partial charge on any atom is 0.183 e. The number of hydrogen-bond acceptors (Lipinski definition) is 10. The number of aliphatic hydroxyl groups excluding tert-OH is 4. The van der Waals surface area contributed by atoms with E-state index in [-0.39, 0.29) is 95.5 Å². The molecule has 4 aliphatic carbocycles. The second-order valence-corrected chi connectivity index (χ2v) is 21.3. The molecule has 0 aromatic carbocycles. The molecule has 0 bridgehead atoms. The number of aliphatic hydroxyl groups is 6. The summed E-state index contributed by atoms with van der Waals surface area (Å²) in [5.74, 6) is -4.25. The van der Waals surface area contributed by atoms with Gasteiger partial charge in [0.15, 0.2) is 23.1 Å². The summed E-state index contributed by atoms with van der Waals surface area (Å²) in [7, 11) is 0. The Hall–Kier alpha value is -4.28. The highest BCUT2D eigenvalue weighted by Gasteiger charge is 2.53. The van der Waals surface area contributed by atoms with Gasteiger partial charge in [-0.3, -0.25) is 19.2 Å². The Morgan fingerprint density at radius 2 is 1.00 bits per heavy atom. The molecule has 0 heterocycles. The minimum absolute atomic E-state index is 0.0194. The number of carbonyl (C=O) groups is 4. The highest BCUT2D eigenvalue weighted by atomic mass is 16.3. The van der Waals surface area contributed by atoms with E-state index in [0.29, 0.717) is 12.8 Å². The molecule has 0 saturated heterocycles. The summed E-state index contributed by atoms with van der Waals surface area (Å²) in [6, 6.07) is 0. The zero-order chi connectivity index (χ0) is 48.5. The molecule has 350 valence electrons. The van der Waals surface area contributed by atoms with E-state index in [1.54, 1.807) is 41.5 Å². The maximum absolute atomic E-state index is 13.5. The SMILES string of the molecule is C=C(C)C1CCC(C)(O)C1CC1=C(O)C(C)(CC=C(C)C)C(=O)C(C(=O)C(C)C)=C1O.C=C(C)C1CCC(C)(O)C1CC1=C(O)C(C)(CC=C(C)C)C(=O)C(C(=O)CC(C)C)=C1O. The molecule has 0 amide bonds. The zero-order valence-corrected chi connectivity index (χ0v) is 40.7. The van der Waals surface area contributed by atoms with E-state index >= 15 is 0 Å². The van der Waals surface area contributed by atoms with Gasteiger partial charge in [0.1, 0.15) is 34.2 Å². The van der Waals surface area contributed by atoms with Crippen LogP contribution in [0.5, 0.6) is 0 Å². The zero-order valence-electron chi connectivity index (χ0n) is 40.7. The first-order chi connectivity index (χ1) is 28.8. The van der Waals surface area contributed by atoms with Gasteiger partial charge in [0.25, 0.3) is 0 Å². The van der Waals surface area contributed by atoms with E-state index < -0.39 is 62.6 Å². The van der Waals surface area contributed by atoms with E-state index in [4.69, 9.17) is 0 Å². The van der Waals surface area contributed by atoms with Crippen LogP contribution in [0, 0.1) is 46.3 Å². The highest BCUT2D eigenvalue weighted by Crippen LogP contribution is 2.52. The average molecular weight is 875 g/mol. The van der Waals surface area contributed by atoms with Gasteiger partial charge in [-0.05, 0) is 150 Å². The largest absolute Gasteiger partial charge is 0.511 e. The Kier molecular flexibility index (Phi) is 16.7. The Labute approximate surface area is 377 Å². The third-order valence-electron chi connectivity index (χ3n) is 14.2. The first kappa shape index (κ1) is 53.1. The summed E-state index contributed by atoms with van der Waals surface area (Å²) in [6.07, 6.45) is 7.31. The van der Waals surface area contributed by atoms with Gasteiger partial charge in [-0.1, -0.05) is 75.3 Å². The third kappa shape index (κ3) is 11.0. The number of allylic oxidation sites excluding steroid dienone is 12. The van der Waals surface area contributed by atoms with Crippen LogP contribution in [0.3, 0.4) is 0 Å². The van der Waals surface area contributed by atoms with Crippen molar-refractivity contribution in [2.75, 3.05) is 0 Å². The van der Waals surface area contributed by atoms with Crippen molar-refractivity contribution in [1.29, 1.82) is 0 Å².